The second-order valence-electron chi connectivity index (χ2n) is 6.27. The molecule has 0 unspecified atom stereocenters. The van der Waals surface area contributed by atoms with Crippen molar-refractivity contribution < 1.29 is 4.79 Å². The molecule has 1 aromatic carbocycles. The number of anilines is 2. The summed E-state index contributed by atoms with van der Waals surface area (Å²) in [5, 5.41) is 3.47. The maximum Gasteiger partial charge on any atom is 0.273 e. The van der Waals surface area contributed by atoms with Crippen LogP contribution in [0, 0.1) is 0 Å². The Morgan fingerprint density at radius 1 is 1.15 bits per heavy atom. The van der Waals surface area contributed by atoms with Crippen LogP contribution >= 0.6 is 11.8 Å². The molecule has 0 bridgehead atoms. The zero-order chi connectivity index (χ0) is 18.4. The van der Waals surface area contributed by atoms with E-state index in [0.717, 1.165) is 18.8 Å². The molecule has 0 radical (unpaired) electrons. The molecule has 3 rings (SSSR count). The van der Waals surface area contributed by atoms with Gasteiger partial charge in [0.2, 0.25) is 5.91 Å². The van der Waals surface area contributed by atoms with Gasteiger partial charge in [0, 0.05) is 43.3 Å². The second kappa shape index (κ2) is 8.89. The minimum Gasteiger partial charge on any atom is -0.372 e. The smallest absolute Gasteiger partial charge is 0.273 e. The standard InChI is InChI=1S/C19H24N4O2S/c1-2-22-13-10-17(24)21-19(22)26-14-18(25)20-15-6-8-16(9-7-15)23-11-4-3-5-12-23/h6-10,13H,2-5,11-12,14H2,1H3,(H,20,25). The van der Waals surface area contributed by atoms with Gasteiger partial charge in [0.15, 0.2) is 5.16 Å². The summed E-state index contributed by atoms with van der Waals surface area (Å²) in [5.74, 6) is 0.103. The first-order chi connectivity index (χ1) is 12.7. The molecular formula is C19H24N4O2S. The number of amides is 1. The van der Waals surface area contributed by atoms with Crippen LogP contribution in [-0.2, 0) is 11.3 Å². The summed E-state index contributed by atoms with van der Waals surface area (Å²) in [6.45, 7) is 4.88. The number of aromatic nitrogens is 2. The summed E-state index contributed by atoms with van der Waals surface area (Å²) >= 11 is 1.27. The van der Waals surface area contributed by atoms with Gasteiger partial charge >= 0.3 is 0 Å². The van der Waals surface area contributed by atoms with Gasteiger partial charge in [0.1, 0.15) is 0 Å². The third-order valence-electron chi connectivity index (χ3n) is 4.39. The first kappa shape index (κ1) is 18.5. The van der Waals surface area contributed by atoms with Crippen molar-refractivity contribution in [3.8, 4) is 0 Å². The molecule has 0 atom stereocenters. The highest BCUT2D eigenvalue weighted by atomic mass is 32.2. The molecule has 2 heterocycles. The number of carbonyl (C=O) groups excluding carboxylic acids is 1. The number of hydrogen-bond donors (Lipinski definition) is 1. The molecule has 1 fully saturated rings. The summed E-state index contributed by atoms with van der Waals surface area (Å²) in [7, 11) is 0. The number of carbonyl (C=O) groups is 1. The van der Waals surface area contributed by atoms with Gasteiger partial charge in [-0.25, -0.2) is 0 Å². The monoisotopic (exact) mass is 372 g/mol. The average Bonchev–Trinajstić information content (AvgIpc) is 2.68. The van der Waals surface area contributed by atoms with Crippen molar-refractivity contribution in [3.05, 3.63) is 46.9 Å². The van der Waals surface area contributed by atoms with Crippen LogP contribution in [0.1, 0.15) is 26.2 Å². The number of thioether (sulfide) groups is 1. The lowest BCUT2D eigenvalue weighted by molar-refractivity contribution is -0.113. The molecule has 0 spiro atoms. The SMILES string of the molecule is CCn1ccc(=O)nc1SCC(=O)Nc1ccc(N2CCCCC2)cc1. The summed E-state index contributed by atoms with van der Waals surface area (Å²) in [6, 6.07) is 9.42. The third kappa shape index (κ3) is 4.88. The fraction of sp³-hybridized carbons (Fsp3) is 0.421. The lowest BCUT2D eigenvalue weighted by atomic mass is 10.1. The molecular weight excluding hydrogens is 348 g/mol. The van der Waals surface area contributed by atoms with E-state index in [2.05, 4.69) is 27.3 Å². The highest BCUT2D eigenvalue weighted by molar-refractivity contribution is 7.99. The van der Waals surface area contributed by atoms with Crippen molar-refractivity contribution in [1.82, 2.24) is 9.55 Å². The van der Waals surface area contributed by atoms with Crippen molar-refractivity contribution in [2.75, 3.05) is 29.1 Å². The van der Waals surface area contributed by atoms with E-state index in [4.69, 9.17) is 0 Å². The van der Waals surface area contributed by atoms with Crippen molar-refractivity contribution >= 4 is 29.0 Å². The van der Waals surface area contributed by atoms with E-state index in [1.165, 1.54) is 42.8 Å². The van der Waals surface area contributed by atoms with E-state index in [1.54, 1.807) is 6.20 Å². The number of aryl methyl sites for hydroxylation is 1. The minimum atomic E-state index is -0.286. The molecule has 0 saturated carbocycles. The topological polar surface area (TPSA) is 67.2 Å². The van der Waals surface area contributed by atoms with Gasteiger partial charge in [-0.05, 0) is 50.5 Å². The molecule has 1 aliphatic rings. The van der Waals surface area contributed by atoms with Crippen molar-refractivity contribution in [3.63, 3.8) is 0 Å². The molecule has 1 N–H and O–H groups in total. The Labute approximate surface area is 157 Å². The van der Waals surface area contributed by atoms with Crippen molar-refractivity contribution in [1.29, 1.82) is 0 Å². The van der Waals surface area contributed by atoms with E-state index >= 15 is 0 Å². The average molecular weight is 372 g/mol. The predicted molar refractivity (Wildman–Crippen MR) is 106 cm³/mol. The first-order valence-electron chi connectivity index (χ1n) is 9.01. The number of nitrogens with one attached hydrogen (secondary N) is 1. The first-order valence-corrected chi connectivity index (χ1v) is 9.99. The Kier molecular flexibility index (Phi) is 6.33. The number of piperidine rings is 1. The van der Waals surface area contributed by atoms with Crippen LogP contribution in [0.15, 0.2) is 46.5 Å². The second-order valence-corrected chi connectivity index (χ2v) is 7.21. The maximum atomic E-state index is 12.2. The van der Waals surface area contributed by atoms with Gasteiger partial charge in [0.25, 0.3) is 5.56 Å². The fourth-order valence-electron chi connectivity index (χ4n) is 3.00. The van der Waals surface area contributed by atoms with E-state index in [1.807, 2.05) is 23.6 Å². The quantitative estimate of drug-likeness (QED) is 0.624. The highest BCUT2D eigenvalue weighted by Gasteiger charge is 2.11. The number of nitrogens with zero attached hydrogens (tertiary/aromatic N) is 3. The van der Waals surface area contributed by atoms with Crippen LogP contribution in [0.2, 0.25) is 0 Å². The van der Waals surface area contributed by atoms with Gasteiger partial charge in [-0.3, -0.25) is 9.59 Å². The molecule has 138 valence electrons. The van der Waals surface area contributed by atoms with Gasteiger partial charge in [-0.15, -0.1) is 0 Å². The van der Waals surface area contributed by atoms with Gasteiger partial charge in [-0.1, -0.05) is 11.8 Å². The fourth-order valence-corrected chi connectivity index (χ4v) is 3.85. The molecule has 1 amide bonds. The number of hydrogen-bond acceptors (Lipinski definition) is 5. The van der Waals surface area contributed by atoms with Crippen LogP contribution in [0.4, 0.5) is 11.4 Å². The van der Waals surface area contributed by atoms with Gasteiger partial charge in [-0.2, -0.15) is 4.98 Å². The zero-order valence-electron chi connectivity index (χ0n) is 15.0. The van der Waals surface area contributed by atoms with Crippen LogP contribution in [0.5, 0.6) is 0 Å². The lowest BCUT2D eigenvalue weighted by Gasteiger charge is -2.28. The summed E-state index contributed by atoms with van der Waals surface area (Å²) < 4.78 is 1.85. The van der Waals surface area contributed by atoms with E-state index in [-0.39, 0.29) is 17.2 Å². The molecule has 6 nitrogen and oxygen atoms in total. The molecule has 1 saturated heterocycles. The summed E-state index contributed by atoms with van der Waals surface area (Å²) in [4.78, 5) is 30.0. The minimum absolute atomic E-state index is 0.110. The Bertz CT molecular complexity index is 798. The highest BCUT2D eigenvalue weighted by Crippen LogP contribution is 2.22. The molecule has 7 heteroatoms. The largest absolute Gasteiger partial charge is 0.372 e. The van der Waals surface area contributed by atoms with Gasteiger partial charge < -0.3 is 14.8 Å². The van der Waals surface area contributed by atoms with Crippen molar-refractivity contribution in [2.45, 2.75) is 37.9 Å². The molecule has 1 aliphatic heterocycles. The van der Waals surface area contributed by atoms with Crippen LogP contribution in [0.3, 0.4) is 0 Å². The predicted octanol–water partition coefficient (Wildman–Crippen LogP) is 2.98. The summed E-state index contributed by atoms with van der Waals surface area (Å²) in [5.41, 5.74) is 1.70. The Balaban J connectivity index is 1.55. The Morgan fingerprint density at radius 2 is 1.88 bits per heavy atom. The van der Waals surface area contributed by atoms with E-state index in [9.17, 15) is 9.59 Å². The molecule has 0 aliphatic carbocycles. The molecule has 1 aromatic heterocycles. The van der Waals surface area contributed by atoms with E-state index < -0.39 is 0 Å². The normalized spacial score (nSPS) is 14.3. The third-order valence-corrected chi connectivity index (χ3v) is 5.38. The van der Waals surface area contributed by atoms with Crippen LogP contribution in [0.25, 0.3) is 0 Å². The summed E-state index contributed by atoms with van der Waals surface area (Å²) in [6.07, 6.45) is 5.50. The molecule has 2 aromatic rings. The van der Waals surface area contributed by atoms with Gasteiger partial charge in [0.05, 0.1) is 5.75 Å². The maximum absolute atomic E-state index is 12.2. The lowest BCUT2D eigenvalue weighted by Crippen LogP contribution is -2.29. The zero-order valence-corrected chi connectivity index (χ0v) is 15.8. The number of rotatable bonds is 6. The Morgan fingerprint density at radius 3 is 2.58 bits per heavy atom. The van der Waals surface area contributed by atoms with Crippen LogP contribution < -0.4 is 15.8 Å². The van der Waals surface area contributed by atoms with E-state index in [0.29, 0.717) is 11.7 Å². The molecule has 26 heavy (non-hydrogen) atoms. The van der Waals surface area contributed by atoms with Crippen molar-refractivity contribution in [2.24, 2.45) is 0 Å². The Hall–Kier alpha value is -2.28. The van der Waals surface area contributed by atoms with Crippen LogP contribution in [-0.4, -0.2) is 34.3 Å². The number of benzene rings is 1.